The molecule has 0 aromatic heterocycles. The van der Waals surface area contributed by atoms with E-state index in [9.17, 15) is 13.9 Å². The SMILES string of the molecule is CC1(C)CCC(C(O)c2c(F)cccc2F)CC1. The lowest BCUT2D eigenvalue weighted by Crippen LogP contribution is -2.26. The lowest BCUT2D eigenvalue weighted by atomic mass is 9.71. The molecule has 1 nitrogen and oxygen atoms in total. The molecule has 3 heteroatoms. The summed E-state index contributed by atoms with van der Waals surface area (Å²) in [6.07, 6.45) is 2.60. The van der Waals surface area contributed by atoms with Gasteiger partial charge in [0.1, 0.15) is 11.6 Å². The van der Waals surface area contributed by atoms with Crippen LogP contribution in [0.1, 0.15) is 51.2 Å². The fraction of sp³-hybridized carbons (Fsp3) is 0.600. The molecule has 2 rings (SSSR count). The minimum absolute atomic E-state index is 0.0376. The predicted octanol–water partition coefficient (Wildman–Crippen LogP) is 4.21. The third kappa shape index (κ3) is 2.72. The molecule has 1 fully saturated rings. The quantitative estimate of drug-likeness (QED) is 0.838. The molecule has 1 aromatic carbocycles. The standard InChI is InChI=1S/C15H20F2O/c1-15(2)8-6-10(7-9-15)14(18)13-11(16)4-3-5-12(13)17/h3-5,10,14,18H,6-9H2,1-2H3. The molecule has 18 heavy (non-hydrogen) atoms. The Bertz CT molecular complexity index is 398. The Morgan fingerprint density at radius 1 is 1.17 bits per heavy atom. The Hall–Kier alpha value is -0.960. The van der Waals surface area contributed by atoms with E-state index in [2.05, 4.69) is 13.8 Å². The third-order valence-corrected chi connectivity index (χ3v) is 4.13. The molecule has 100 valence electrons. The first-order valence-electron chi connectivity index (χ1n) is 6.53. The van der Waals surface area contributed by atoms with Gasteiger partial charge in [-0.2, -0.15) is 0 Å². The molecule has 0 aliphatic heterocycles. The van der Waals surface area contributed by atoms with E-state index in [-0.39, 0.29) is 16.9 Å². The van der Waals surface area contributed by atoms with Crippen molar-refractivity contribution in [2.75, 3.05) is 0 Å². The molecule has 1 aliphatic carbocycles. The number of rotatable bonds is 2. The molecule has 0 spiro atoms. The van der Waals surface area contributed by atoms with Gasteiger partial charge in [-0.3, -0.25) is 0 Å². The zero-order valence-corrected chi connectivity index (χ0v) is 10.9. The maximum Gasteiger partial charge on any atom is 0.131 e. The second kappa shape index (κ2) is 4.96. The monoisotopic (exact) mass is 254 g/mol. The van der Waals surface area contributed by atoms with Crippen molar-refractivity contribution in [2.45, 2.75) is 45.6 Å². The molecule has 1 atom stereocenters. The summed E-state index contributed by atoms with van der Waals surface area (Å²) in [7, 11) is 0. The Labute approximate surface area is 107 Å². The van der Waals surface area contributed by atoms with E-state index >= 15 is 0 Å². The first kappa shape index (κ1) is 13.5. The van der Waals surface area contributed by atoms with E-state index in [0.717, 1.165) is 25.7 Å². The van der Waals surface area contributed by atoms with Crippen LogP contribution in [0.2, 0.25) is 0 Å². The van der Waals surface area contributed by atoms with Crippen molar-refractivity contribution in [2.24, 2.45) is 11.3 Å². The van der Waals surface area contributed by atoms with Gasteiger partial charge in [-0.05, 0) is 49.1 Å². The second-order valence-electron chi connectivity index (χ2n) is 6.08. The molecular formula is C15H20F2O. The second-order valence-corrected chi connectivity index (χ2v) is 6.08. The number of hydrogen-bond acceptors (Lipinski definition) is 1. The van der Waals surface area contributed by atoms with Crippen molar-refractivity contribution in [1.82, 2.24) is 0 Å². The summed E-state index contributed by atoms with van der Waals surface area (Å²) in [6.45, 7) is 4.39. The molecule has 0 bridgehead atoms. The van der Waals surface area contributed by atoms with Crippen molar-refractivity contribution in [1.29, 1.82) is 0 Å². The van der Waals surface area contributed by atoms with E-state index < -0.39 is 17.7 Å². The van der Waals surface area contributed by atoms with Crippen LogP contribution in [0.25, 0.3) is 0 Å². The topological polar surface area (TPSA) is 20.2 Å². The molecule has 0 heterocycles. The lowest BCUT2D eigenvalue weighted by Gasteiger charge is -2.36. The minimum Gasteiger partial charge on any atom is -0.388 e. The molecule has 0 amide bonds. The van der Waals surface area contributed by atoms with E-state index in [1.54, 1.807) is 0 Å². The summed E-state index contributed by atoms with van der Waals surface area (Å²) in [6, 6.07) is 3.73. The highest BCUT2D eigenvalue weighted by Gasteiger charge is 2.33. The average Bonchev–Trinajstić information content (AvgIpc) is 2.28. The van der Waals surface area contributed by atoms with Gasteiger partial charge in [0.05, 0.1) is 11.7 Å². The van der Waals surface area contributed by atoms with Gasteiger partial charge in [-0.25, -0.2) is 8.78 Å². The first-order chi connectivity index (χ1) is 8.41. The summed E-state index contributed by atoms with van der Waals surface area (Å²) >= 11 is 0. The van der Waals surface area contributed by atoms with Crippen LogP contribution >= 0.6 is 0 Å². The lowest BCUT2D eigenvalue weighted by molar-refractivity contribution is 0.0517. The van der Waals surface area contributed by atoms with Crippen molar-refractivity contribution in [3.8, 4) is 0 Å². The average molecular weight is 254 g/mol. The fourth-order valence-electron chi connectivity index (χ4n) is 2.77. The number of aliphatic hydroxyl groups excluding tert-OH is 1. The van der Waals surface area contributed by atoms with E-state index in [4.69, 9.17) is 0 Å². The van der Waals surface area contributed by atoms with Gasteiger partial charge in [0.15, 0.2) is 0 Å². The van der Waals surface area contributed by atoms with E-state index in [0.29, 0.717) is 0 Å². The molecule has 1 unspecified atom stereocenters. The molecule has 1 saturated carbocycles. The van der Waals surface area contributed by atoms with Crippen LogP contribution in [-0.2, 0) is 0 Å². The van der Waals surface area contributed by atoms with Crippen molar-refractivity contribution in [3.63, 3.8) is 0 Å². The maximum atomic E-state index is 13.6. The molecule has 1 N–H and O–H groups in total. The number of benzene rings is 1. The highest BCUT2D eigenvalue weighted by molar-refractivity contribution is 5.22. The predicted molar refractivity (Wildman–Crippen MR) is 67.1 cm³/mol. The first-order valence-corrected chi connectivity index (χ1v) is 6.53. The van der Waals surface area contributed by atoms with Crippen molar-refractivity contribution < 1.29 is 13.9 Å². The van der Waals surface area contributed by atoms with Gasteiger partial charge in [-0.1, -0.05) is 19.9 Å². The zero-order valence-electron chi connectivity index (χ0n) is 10.9. The highest BCUT2D eigenvalue weighted by Crippen LogP contribution is 2.43. The van der Waals surface area contributed by atoms with E-state index in [1.807, 2.05) is 0 Å². The maximum absolute atomic E-state index is 13.6. The molecule has 0 saturated heterocycles. The van der Waals surface area contributed by atoms with Gasteiger partial charge in [-0.15, -0.1) is 0 Å². The number of halogens is 2. The van der Waals surface area contributed by atoms with Crippen molar-refractivity contribution >= 4 is 0 Å². The van der Waals surface area contributed by atoms with Gasteiger partial charge < -0.3 is 5.11 Å². The normalized spacial score (nSPS) is 21.8. The van der Waals surface area contributed by atoms with Gasteiger partial charge in [0.2, 0.25) is 0 Å². The van der Waals surface area contributed by atoms with Gasteiger partial charge in [0.25, 0.3) is 0 Å². The van der Waals surface area contributed by atoms with Crippen LogP contribution in [0.5, 0.6) is 0 Å². The largest absolute Gasteiger partial charge is 0.388 e. The van der Waals surface area contributed by atoms with Gasteiger partial charge >= 0.3 is 0 Å². The zero-order chi connectivity index (χ0) is 13.3. The van der Waals surface area contributed by atoms with Crippen LogP contribution in [0.15, 0.2) is 18.2 Å². The molecule has 1 aromatic rings. The Kier molecular flexibility index (Phi) is 3.71. The number of aliphatic hydroxyl groups is 1. The third-order valence-electron chi connectivity index (χ3n) is 4.13. The summed E-state index contributed by atoms with van der Waals surface area (Å²) in [5.41, 5.74) is 0.117. The summed E-state index contributed by atoms with van der Waals surface area (Å²) < 4.78 is 27.2. The van der Waals surface area contributed by atoms with Crippen LogP contribution in [-0.4, -0.2) is 5.11 Å². The Balaban J connectivity index is 2.15. The highest BCUT2D eigenvalue weighted by atomic mass is 19.1. The summed E-state index contributed by atoms with van der Waals surface area (Å²) in [5, 5.41) is 10.2. The number of hydrogen-bond donors (Lipinski definition) is 1. The fourth-order valence-corrected chi connectivity index (χ4v) is 2.77. The van der Waals surface area contributed by atoms with Gasteiger partial charge in [0, 0.05) is 0 Å². The summed E-state index contributed by atoms with van der Waals surface area (Å²) in [4.78, 5) is 0. The van der Waals surface area contributed by atoms with Crippen LogP contribution in [0, 0.1) is 23.0 Å². The van der Waals surface area contributed by atoms with Crippen LogP contribution < -0.4 is 0 Å². The Morgan fingerprint density at radius 2 is 1.67 bits per heavy atom. The molecule has 1 aliphatic rings. The van der Waals surface area contributed by atoms with E-state index in [1.165, 1.54) is 18.2 Å². The molecular weight excluding hydrogens is 234 g/mol. The smallest absolute Gasteiger partial charge is 0.131 e. The Morgan fingerprint density at radius 3 is 2.17 bits per heavy atom. The van der Waals surface area contributed by atoms with Crippen molar-refractivity contribution in [3.05, 3.63) is 35.4 Å². The minimum atomic E-state index is -1.03. The van der Waals surface area contributed by atoms with Crippen LogP contribution in [0.4, 0.5) is 8.78 Å². The molecule has 0 radical (unpaired) electrons. The van der Waals surface area contributed by atoms with Crippen LogP contribution in [0.3, 0.4) is 0 Å². The summed E-state index contributed by atoms with van der Waals surface area (Å²) in [5.74, 6) is -1.33.